The Balaban J connectivity index is 2.65. The molecule has 3 nitrogen and oxygen atoms in total. The van der Waals surface area contributed by atoms with Crippen LogP contribution in [-0.4, -0.2) is 17.0 Å². The Kier molecular flexibility index (Phi) is 3.14. The van der Waals surface area contributed by atoms with Gasteiger partial charge in [-0.3, -0.25) is 0 Å². The molecule has 0 saturated carbocycles. The Hall–Kier alpha value is -2.18. The molecular weight excluding hydrogens is 250 g/mol. The minimum absolute atomic E-state index is 0.0375. The number of benzene rings is 1. The van der Waals surface area contributed by atoms with E-state index in [0.717, 1.165) is 12.3 Å². The van der Waals surface area contributed by atoms with E-state index in [1.165, 1.54) is 7.05 Å². The van der Waals surface area contributed by atoms with Gasteiger partial charge in [0.1, 0.15) is 5.69 Å². The quantitative estimate of drug-likeness (QED) is 0.664. The summed E-state index contributed by atoms with van der Waals surface area (Å²) < 4.78 is 52.8. The molecule has 1 aromatic carbocycles. The fourth-order valence-corrected chi connectivity index (χ4v) is 1.39. The predicted octanol–water partition coefficient (Wildman–Crippen LogP) is 2.74. The van der Waals surface area contributed by atoms with Gasteiger partial charge in [-0.2, -0.15) is 0 Å². The van der Waals surface area contributed by atoms with Gasteiger partial charge in [0, 0.05) is 12.6 Å². The Labute approximate surface area is 99.5 Å². The van der Waals surface area contributed by atoms with Crippen LogP contribution in [0.4, 0.5) is 23.5 Å². The molecule has 0 bridgehead atoms. The largest absolute Gasteiger partial charge is 0.357 e. The molecule has 1 N–H and O–H groups in total. The molecule has 18 heavy (non-hydrogen) atoms. The van der Waals surface area contributed by atoms with Crippen molar-refractivity contribution in [1.29, 1.82) is 0 Å². The van der Waals surface area contributed by atoms with Crippen LogP contribution in [0.3, 0.4) is 0 Å². The molecule has 2 aromatic rings. The summed E-state index contributed by atoms with van der Waals surface area (Å²) >= 11 is 0. The van der Waals surface area contributed by atoms with E-state index in [1.54, 1.807) is 0 Å². The third kappa shape index (κ3) is 1.99. The normalized spacial score (nSPS) is 10.5. The smallest absolute Gasteiger partial charge is 0.223 e. The van der Waals surface area contributed by atoms with Crippen LogP contribution in [0.2, 0.25) is 0 Å². The van der Waals surface area contributed by atoms with Gasteiger partial charge in [0.2, 0.25) is 5.95 Å². The standard InChI is InChI=1S/C11H7F4N3/c1-16-11-17-4-7(13)10(18-11)5-2-3-6(12)9(15)8(5)14/h2-4H,1H3,(H,16,17,18). The van der Waals surface area contributed by atoms with Crippen LogP contribution in [0.5, 0.6) is 0 Å². The van der Waals surface area contributed by atoms with Gasteiger partial charge in [0.05, 0.1) is 6.20 Å². The summed E-state index contributed by atoms with van der Waals surface area (Å²) in [4.78, 5) is 7.23. The molecule has 1 aromatic heterocycles. The van der Waals surface area contributed by atoms with E-state index >= 15 is 0 Å². The maximum Gasteiger partial charge on any atom is 0.223 e. The summed E-state index contributed by atoms with van der Waals surface area (Å²) in [5.41, 5.74) is -0.906. The molecular formula is C11H7F4N3. The van der Waals surface area contributed by atoms with Crippen molar-refractivity contribution in [2.45, 2.75) is 0 Å². The van der Waals surface area contributed by atoms with E-state index in [2.05, 4.69) is 15.3 Å². The second-order valence-electron chi connectivity index (χ2n) is 3.36. The minimum Gasteiger partial charge on any atom is -0.357 e. The summed E-state index contributed by atoms with van der Waals surface area (Å²) in [6.07, 6.45) is 0.814. The Morgan fingerprint density at radius 1 is 1.00 bits per heavy atom. The molecule has 94 valence electrons. The Morgan fingerprint density at radius 3 is 2.39 bits per heavy atom. The van der Waals surface area contributed by atoms with E-state index in [9.17, 15) is 17.6 Å². The third-order valence-corrected chi connectivity index (χ3v) is 2.26. The maximum absolute atomic E-state index is 13.5. The fraction of sp³-hybridized carbons (Fsp3) is 0.0909. The van der Waals surface area contributed by atoms with E-state index in [0.29, 0.717) is 6.07 Å². The highest BCUT2D eigenvalue weighted by atomic mass is 19.2. The molecule has 0 spiro atoms. The lowest BCUT2D eigenvalue weighted by Gasteiger charge is -2.06. The summed E-state index contributed by atoms with van der Waals surface area (Å²) in [5.74, 6) is -5.40. The monoisotopic (exact) mass is 257 g/mol. The molecule has 0 unspecified atom stereocenters. The van der Waals surface area contributed by atoms with Gasteiger partial charge in [0.15, 0.2) is 23.3 Å². The molecule has 0 fully saturated rings. The molecule has 0 aliphatic rings. The number of hydrogen-bond donors (Lipinski definition) is 1. The van der Waals surface area contributed by atoms with Gasteiger partial charge < -0.3 is 5.32 Å². The van der Waals surface area contributed by atoms with Crippen molar-refractivity contribution >= 4 is 5.95 Å². The average molecular weight is 257 g/mol. The average Bonchev–Trinajstić information content (AvgIpc) is 2.37. The van der Waals surface area contributed by atoms with Gasteiger partial charge >= 0.3 is 0 Å². The summed E-state index contributed by atoms with van der Waals surface area (Å²) in [7, 11) is 1.48. The van der Waals surface area contributed by atoms with Crippen LogP contribution in [0, 0.1) is 23.3 Å². The SMILES string of the molecule is CNc1ncc(F)c(-c2ccc(F)c(F)c2F)n1. The number of nitrogens with zero attached hydrogens (tertiary/aromatic N) is 2. The fourth-order valence-electron chi connectivity index (χ4n) is 1.39. The first kappa shape index (κ1) is 12.3. The molecule has 1 heterocycles. The molecule has 0 radical (unpaired) electrons. The summed E-state index contributed by atoms with van der Waals surface area (Å²) in [6, 6.07) is 1.62. The molecule has 2 rings (SSSR count). The number of nitrogens with one attached hydrogen (secondary N) is 1. The van der Waals surface area contributed by atoms with Crippen molar-refractivity contribution in [2.75, 3.05) is 12.4 Å². The minimum atomic E-state index is -1.67. The highest BCUT2D eigenvalue weighted by molar-refractivity contribution is 5.61. The molecule has 0 amide bonds. The van der Waals surface area contributed by atoms with Crippen LogP contribution in [-0.2, 0) is 0 Å². The molecule has 0 aliphatic carbocycles. The van der Waals surface area contributed by atoms with Crippen molar-refractivity contribution in [3.05, 3.63) is 41.6 Å². The number of anilines is 1. The first-order valence-corrected chi connectivity index (χ1v) is 4.88. The second kappa shape index (κ2) is 4.59. The Bertz CT molecular complexity index is 601. The van der Waals surface area contributed by atoms with Gasteiger partial charge in [-0.15, -0.1) is 0 Å². The highest BCUT2D eigenvalue weighted by Gasteiger charge is 2.19. The van der Waals surface area contributed by atoms with Crippen molar-refractivity contribution in [3.8, 4) is 11.3 Å². The second-order valence-corrected chi connectivity index (χ2v) is 3.36. The van der Waals surface area contributed by atoms with Gasteiger partial charge in [0.25, 0.3) is 0 Å². The molecule has 0 atom stereocenters. The van der Waals surface area contributed by atoms with Gasteiger partial charge in [-0.1, -0.05) is 0 Å². The van der Waals surface area contributed by atoms with E-state index in [4.69, 9.17) is 0 Å². The number of aromatic nitrogens is 2. The van der Waals surface area contributed by atoms with Crippen molar-refractivity contribution < 1.29 is 17.6 Å². The number of hydrogen-bond acceptors (Lipinski definition) is 3. The van der Waals surface area contributed by atoms with Crippen LogP contribution >= 0.6 is 0 Å². The van der Waals surface area contributed by atoms with Gasteiger partial charge in [-0.05, 0) is 12.1 Å². The molecule has 7 heteroatoms. The maximum atomic E-state index is 13.5. The van der Waals surface area contributed by atoms with Crippen LogP contribution in [0.15, 0.2) is 18.3 Å². The first-order chi connectivity index (χ1) is 8.54. The lowest BCUT2D eigenvalue weighted by Crippen LogP contribution is -2.02. The lowest BCUT2D eigenvalue weighted by atomic mass is 10.1. The zero-order valence-electron chi connectivity index (χ0n) is 9.14. The Morgan fingerprint density at radius 2 is 1.72 bits per heavy atom. The van der Waals surface area contributed by atoms with Gasteiger partial charge in [-0.25, -0.2) is 27.5 Å². The topological polar surface area (TPSA) is 37.8 Å². The molecule has 0 saturated heterocycles. The predicted molar refractivity (Wildman–Crippen MR) is 56.8 cm³/mol. The third-order valence-electron chi connectivity index (χ3n) is 2.26. The van der Waals surface area contributed by atoms with Crippen molar-refractivity contribution in [3.63, 3.8) is 0 Å². The van der Waals surface area contributed by atoms with Crippen LogP contribution in [0.25, 0.3) is 11.3 Å². The van der Waals surface area contributed by atoms with Crippen LogP contribution in [0.1, 0.15) is 0 Å². The number of rotatable bonds is 2. The number of halogens is 4. The van der Waals surface area contributed by atoms with E-state index in [-0.39, 0.29) is 5.95 Å². The molecule has 0 aliphatic heterocycles. The van der Waals surface area contributed by atoms with Crippen LogP contribution < -0.4 is 5.32 Å². The summed E-state index contributed by atoms with van der Waals surface area (Å²) in [6.45, 7) is 0. The zero-order valence-corrected chi connectivity index (χ0v) is 9.14. The van der Waals surface area contributed by atoms with Crippen molar-refractivity contribution in [1.82, 2.24) is 9.97 Å². The van der Waals surface area contributed by atoms with E-state index in [1.807, 2.05) is 0 Å². The highest BCUT2D eigenvalue weighted by Crippen LogP contribution is 2.26. The first-order valence-electron chi connectivity index (χ1n) is 4.88. The van der Waals surface area contributed by atoms with E-state index < -0.39 is 34.5 Å². The zero-order chi connectivity index (χ0) is 13.3. The van der Waals surface area contributed by atoms with Crippen molar-refractivity contribution in [2.24, 2.45) is 0 Å². The summed E-state index contributed by atoms with van der Waals surface area (Å²) in [5, 5.41) is 2.53. The lowest BCUT2D eigenvalue weighted by molar-refractivity contribution is 0.448.